The summed E-state index contributed by atoms with van der Waals surface area (Å²) in [7, 11) is 8.21. The van der Waals surface area contributed by atoms with Crippen LogP contribution < -0.4 is 12.4 Å². The molecule has 2 nitrogen and oxygen atoms in total. The molecule has 2 aromatic rings. The molecule has 0 spiro atoms. The summed E-state index contributed by atoms with van der Waals surface area (Å²) >= 11 is 0. The highest BCUT2D eigenvalue weighted by Crippen LogP contribution is 2.33. The fourth-order valence-corrected chi connectivity index (χ4v) is 2.35. The van der Waals surface area contributed by atoms with Gasteiger partial charge in [0, 0.05) is 32.1 Å². The molecule has 134 valence electrons. The number of halogens is 1. The number of quaternary nitrogens is 1. The van der Waals surface area contributed by atoms with Crippen LogP contribution >= 0.6 is 0 Å². The summed E-state index contributed by atoms with van der Waals surface area (Å²) in [5, 5.41) is 0. The molecule has 0 atom stereocenters. The Labute approximate surface area is 158 Å². The number of ether oxygens (including phenoxy) is 1. The molecule has 0 radical (unpaired) electrons. The van der Waals surface area contributed by atoms with Crippen LogP contribution in [-0.4, -0.2) is 38.3 Å². The summed E-state index contributed by atoms with van der Waals surface area (Å²) in [4.78, 5) is 0. The van der Waals surface area contributed by atoms with Crippen molar-refractivity contribution >= 4 is 0 Å². The van der Waals surface area contributed by atoms with Crippen LogP contribution in [0.5, 0.6) is 0 Å². The van der Waals surface area contributed by atoms with Gasteiger partial charge in [0.05, 0.1) is 21.1 Å². The monoisotopic (exact) mass is 357 g/mol. The van der Waals surface area contributed by atoms with Crippen molar-refractivity contribution in [3.63, 3.8) is 0 Å². The van der Waals surface area contributed by atoms with Crippen molar-refractivity contribution in [2.75, 3.05) is 28.3 Å². The molecule has 0 aliphatic rings. The molecule has 0 saturated carbocycles. The average Bonchev–Trinajstić information content (AvgIpc) is 2.57. The first-order valence-electron chi connectivity index (χ1n) is 8.25. The van der Waals surface area contributed by atoms with Crippen LogP contribution in [0.15, 0.2) is 60.7 Å². The number of nitrogens with zero attached hydrogens (tertiary/aromatic N) is 1. The van der Waals surface area contributed by atoms with Crippen molar-refractivity contribution in [1.29, 1.82) is 0 Å². The van der Waals surface area contributed by atoms with Crippen molar-refractivity contribution in [1.82, 2.24) is 0 Å². The van der Waals surface area contributed by atoms with E-state index in [-0.39, 0.29) is 17.9 Å². The SMILES string of the molecule is COC(C#CC(C)(C)[N+](C)(C)C)(c1ccccc1)c1ccccc1.[Cl-]. The number of benzene rings is 2. The molecule has 0 heterocycles. The topological polar surface area (TPSA) is 9.23 Å². The summed E-state index contributed by atoms with van der Waals surface area (Å²) < 4.78 is 6.79. The van der Waals surface area contributed by atoms with Crippen LogP contribution in [0.3, 0.4) is 0 Å². The highest BCUT2D eigenvalue weighted by Gasteiger charge is 2.35. The Morgan fingerprint density at radius 2 is 1.16 bits per heavy atom. The van der Waals surface area contributed by atoms with Gasteiger partial charge in [0.1, 0.15) is 0 Å². The van der Waals surface area contributed by atoms with Crippen LogP contribution in [0.1, 0.15) is 25.0 Å². The zero-order valence-electron chi connectivity index (χ0n) is 16.0. The lowest BCUT2D eigenvalue weighted by molar-refractivity contribution is -0.909. The van der Waals surface area contributed by atoms with E-state index in [1.165, 1.54) is 0 Å². The van der Waals surface area contributed by atoms with Gasteiger partial charge in [0.2, 0.25) is 0 Å². The molecule has 0 unspecified atom stereocenters. The quantitative estimate of drug-likeness (QED) is 0.587. The maximum atomic E-state index is 6.04. The predicted octanol–water partition coefficient (Wildman–Crippen LogP) is 1.07. The Morgan fingerprint density at radius 1 is 0.760 bits per heavy atom. The normalized spacial score (nSPS) is 11.9. The van der Waals surface area contributed by atoms with E-state index in [4.69, 9.17) is 4.74 Å². The van der Waals surface area contributed by atoms with Gasteiger partial charge in [0.15, 0.2) is 11.1 Å². The van der Waals surface area contributed by atoms with Crippen LogP contribution in [0.2, 0.25) is 0 Å². The van der Waals surface area contributed by atoms with Gasteiger partial charge in [-0.2, -0.15) is 0 Å². The van der Waals surface area contributed by atoms with E-state index < -0.39 is 5.60 Å². The van der Waals surface area contributed by atoms with Crippen molar-refractivity contribution < 1.29 is 21.6 Å². The Hall–Kier alpha value is -1.79. The summed E-state index contributed by atoms with van der Waals surface area (Å²) in [5.74, 6) is 6.96. The average molecular weight is 358 g/mol. The van der Waals surface area contributed by atoms with E-state index in [1.54, 1.807) is 7.11 Å². The number of hydrogen-bond donors (Lipinski definition) is 0. The zero-order valence-corrected chi connectivity index (χ0v) is 16.8. The second-order valence-electron chi connectivity index (χ2n) is 7.44. The highest BCUT2D eigenvalue weighted by atomic mass is 35.5. The summed E-state index contributed by atoms with van der Waals surface area (Å²) in [6.07, 6.45) is 0. The standard InChI is InChI=1S/C22H28NO.ClH/c1-21(2,23(3,4)5)17-18-22(24-6,19-13-9-7-10-14-19)20-15-11-8-12-16-20;/h7-16H,1-6H3;1H/q+1;/p-1. The lowest BCUT2D eigenvalue weighted by Gasteiger charge is -2.38. The Balaban J connectivity index is 0.00000312. The third kappa shape index (κ3) is 4.44. The van der Waals surface area contributed by atoms with E-state index in [2.05, 4.69) is 71.1 Å². The van der Waals surface area contributed by atoms with Crippen molar-refractivity contribution in [2.45, 2.75) is 25.0 Å². The van der Waals surface area contributed by atoms with Crippen molar-refractivity contribution in [2.24, 2.45) is 0 Å². The smallest absolute Gasteiger partial charge is 0.179 e. The molecular formula is C22H28ClNO. The third-order valence-electron chi connectivity index (χ3n) is 4.89. The molecule has 0 aliphatic carbocycles. The van der Waals surface area contributed by atoms with Gasteiger partial charge < -0.3 is 21.6 Å². The van der Waals surface area contributed by atoms with Crippen LogP contribution in [0.25, 0.3) is 0 Å². The van der Waals surface area contributed by atoms with Gasteiger partial charge in [-0.25, -0.2) is 0 Å². The molecule has 0 bridgehead atoms. The lowest BCUT2D eigenvalue weighted by atomic mass is 9.85. The number of hydrogen-bond acceptors (Lipinski definition) is 1. The summed E-state index contributed by atoms with van der Waals surface area (Å²) in [5.41, 5.74) is 1.12. The number of methoxy groups -OCH3 is 1. The second kappa shape index (κ2) is 8.06. The highest BCUT2D eigenvalue weighted by molar-refractivity contribution is 5.45. The van der Waals surface area contributed by atoms with E-state index >= 15 is 0 Å². The molecule has 2 rings (SSSR count). The first-order chi connectivity index (χ1) is 11.2. The molecule has 25 heavy (non-hydrogen) atoms. The lowest BCUT2D eigenvalue weighted by Crippen LogP contribution is -3.00. The van der Waals surface area contributed by atoms with E-state index in [0.717, 1.165) is 15.6 Å². The van der Waals surface area contributed by atoms with Crippen LogP contribution in [0, 0.1) is 11.8 Å². The minimum atomic E-state index is -0.769. The van der Waals surface area contributed by atoms with Gasteiger partial charge in [-0.3, -0.25) is 0 Å². The molecular weight excluding hydrogens is 330 g/mol. The molecule has 0 saturated heterocycles. The molecule has 0 fully saturated rings. The maximum absolute atomic E-state index is 6.04. The van der Waals surface area contributed by atoms with Crippen LogP contribution in [-0.2, 0) is 10.3 Å². The molecule has 0 aliphatic heterocycles. The fraction of sp³-hybridized carbons (Fsp3) is 0.364. The largest absolute Gasteiger partial charge is 1.00 e. The Kier molecular flexibility index (Phi) is 6.85. The van der Waals surface area contributed by atoms with Gasteiger partial charge in [-0.05, 0) is 5.92 Å². The Bertz CT molecular complexity index is 682. The third-order valence-corrected chi connectivity index (χ3v) is 4.89. The Morgan fingerprint density at radius 3 is 1.48 bits per heavy atom. The summed E-state index contributed by atoms with van der Waals surface area (Å²) in [6, 6.07) is 20.4. The second-order valence-corrected chi connectivity index (χ2v) is 7.44. The van der Waals surface area contributed by atoms with E-state index in [0.29, 0.717) is 0 Å². The fourth-order valence-electron chi connectivity index (χ4n) is 2.35. The first-order valence-corrected chi connectivity index (χ1v) is 8.25. The maximum Gasteiger partial charge on any atom is 0.179 e. The van der Waals surface area contributed by atoms with Crippen LogP contribution in [0.4, 0.5) is 0 Å². The zero-order chi connectivity index (χ0) is 17.8. The molecule has 0 amide bonds. The van der Waals surface area contributed by atoms with E-state index in [9.17, 15) is 0 Å². The van der Waals surface area contributed by atoms with Gasteiger partial charge >= 0.3 is 0 Å². The van der Waals surface area contributed by atoms with Crippen molar-refractivity contribution in [3.8, 4) is 11.8 Å². The molecule has 0 aromatic heterocycles. The first kappa shape index (κ1) is 21.3. The molecule has 0 N–H and O–H groups in total. The van der Waals surface area contributed by atoms with E-state index in [1.807, 2.05) is 36.4 Å². The van der Waals surface area contributed by atoms with Gasteiger partial charge in [-0.1, -0.05) is 66.6 Å². The van der Waals surface area contributed by atoms with Crippen molar-refractivity contribution in [3.05, 3.63) is 71.8 Å². The van der Waals surface area contributed by atoms with Gasteiger partial charge in [-0.15, -0.1) is 0 Å². The number of rotatable bonds is 4. The minimum absolute atomic E-state index is 0. The van der Waals surface area contributed by atoms with Gasteiger partial charge in [0.25, 0.3) is 0 Å². The predicted molar refractivity (Wildman–Crippen MR) is 101 cm³/mol. The molecule has 2 aromatic carbocycles. The summed E-state index contributed by atoms with van der Waals surface area (Å²) in [6.45, 7) is 4.33. The molecule has 3 heteroatoms. The minimum Gasteiger partial charge on any atom is -1.00 e.